The minimum Gasteiger partial charge on any atom is -0.340 e. The monoisotopic (exact) mass is 280 g/mol. The van der Waals surface area contributed by atoms with Gasteiger partial charge in [0.25, 0.3) is 0 Å². The van der Waals surface area contributed by atoms with Crippen molar-refractivity contribution in [2.45, 2.75) is 71.4 Å². The fraction of sp³-hybridized carbons (Fsp3) is 0.875. The molecule has 0 aromatic carbocycles. The first kappa shape index (κ1) is 15.3. The number of carbonyl (C=O) groups excluding carboxylic acids is 2. The third kappa shape index (κ3) is 2.33. The summed E-state index contributed by atoms with van der Waals surface area (Å²) in [4.78, 5) is 27.3. The average molecular weight is 280 g/mol. The van der Waals surface area contributed by atoms with E-state index in [0.29, 0.717) is 18.4 Å². The molecule has 1 saturated carbocycles. The van der Waals surface area contributed by atoms with Crippen molar-refractivity contribution in [3.8, 4) is 0 Å². The molecule has 0 radical (unpaired) electrons. The second-order valence-electron chi connectivity index (χ2n) is 7.10. The van der Waals surface area contributed by atoms with Crippen LogP contribution in [0.5, 0.6) is 0 Å². The minimum absolute atomic E-state index is 0.0237. The molecule has 1 unspecified atom stereocenters. The Balaban J connectivity index is 2.33. The highest BCUT2D eigenvalue weighted by Crippen LogP contribution is 2.46. The van der Waals surface area contributed by atoms with E-state index in [4.69, 9.17) is 0 Å². The van der Waals surface area contributed by atoms with Crippen LogP contribution in [0.3, 0.4) is 0 Å². The van der Waals surface area contributed by atoms with Gasteiger partial charge in [-0.2, -0.15) is 0 Å². The molecule has 4 nitrogen and oxygen atoms in total. The summed E-state index contributed by atoms with van der Waals surface area (Å²) in [6.45, 7) is 10.6. The summed E-state index contributed by atoms with van der Waals surface area (Å²) < 4.78 is 0. The van der Waals surface area contributed by atoms with Crippen LogP contribution in [0.2, 0.25) is 0 Å². The predicted octanol–water partition coefficient (Wildman–Crippen LogP) is 2.33. The second kappa shape index (κ2) is 5.05. The molecule has 1 heterocycles. The molecular weight excluding hydrogens is 252 g/mol. The van der Waals surface area contributed by atoms with E-state index in [1.807, 2.05) is 11.8 Å². The number of piperazine rings is 1. The molecule has 1 N–H and O–H groups in total. The molecule has 2 fully saturated rings. The molecule has 2 amide bonds. The van der Waals surface area contributed by atoms with Crippen LogP contribution >= 0.6 is 0 Å². The number of rotatable bonds is 5. The SMILES string of the molecule is CCC(CC)CN1C(=O)C(C)(C)NC(=O)C1(C)C1CC1. The van der Waals surface area contributed by atoms with Crippen molar-refractivity contribution in [1.29, 1.82) is 0 Å². The third-order valence-electron chi connectivity index (χ3n) is 5.19. The molecule has 2 aliphatic rings. The third-order valence-corrected chi connectivity index (χ3v) is 5.19. The Morgan fingerprint density at radius 3 is 2.20 bits per heavy atom. The van der Waals surface area contributed by atoms with Crippen LogP contribution in [0.15, 0.2) is 0 Å². The zero-order chi connectivity index (χ0) is 15.1. The largest absolute Gasteiger partial charge is 0.340 e. The Bertz CT molecular complexity index is 411. The van der Waals surface area contributed by atoms with Crippen LogP contribution in [-0.4, -0.2) is 34.3 Å². The summed E-state index contributed by atoms with van der Waals surface area (Å²) >= 11 is 0. The van der Waals surface area contributed by atoms with Gasteiger partial charge in [-0.1, -0.05) is 26.7 Å². The first-order valence-electron chi connectivity index (χ1n) is 7.92. The normalized spacial score (nSPS) is 29.8. The fourth-order valence-electron chi connectivity index (χ4n) is 3.26. The lowest BCUT2D eigenvalue weighted by atomic mass is 9.83. The molecule has 114 valence electrons. The standard InChI is InChI=1S/C16H28N2O2/c1-6-11(7-2)10-18-14(20)15(3,4)17-13(19)16(18,5)12-8-9-12/h11-12H,6-10H2,1-5H3,(H,17,19). The lowest BCUT2D eigenvalue weighted by Crippen LogP contribution is -2.74. The predicted molar refractivity (Wildman–Crippen MR) is 79.1 cm³/mol. The molecule has 0 bridgehead atoms. The molecule has 1 atom stereocenters. The molecule has 1 aliphatic heterocycles. The van der Waals surface area contributed by atoms with Gasteiger partial charge in [0, 0.05) is 6.54 Å². The van der Waals surface area contributed by atoms with Crippen LogP contribution in [0.1, 0.15) is 60.3 Å². The van der Waals surface area contributed by atoms with Crippen molar-refractivity contribution in [2.75, 3.05) is 6.54 Å². The van der Waals surface area contributed by atoms with E-state index in [0.717, 1.165) is 25.7 Å². The van der Waals surface area contributed by atoms with Crippen molar-refractivity contribution in [2.24, 2.45) is 11.8 Å². The van der Waals surface area contributed by atoms with E-state index in [1.54, 1.807) is 13.8 Å². The summed E-state index contributed by atoms with van der Waals surface area (Å²) in [5.41, 5.74) is -1.42. The average Bonchev–Trinajstić information content (AvgIpc) is 3.21. The highest BCUT2D eigenvalue weighted by Gasteiger charge is 2.59. The lowest BCUT2D eigenvalue weighted by molar-refractivity contribution is -0.163. The van der Waals surface area contributed by atoms with Gasteiger partial charge in [-0.15, -0.1) is 0 Å². The van der Waals surface area contributed by atoms with Gasteiger partial charge < -0.3 is 10.2 Å². The summed E-state index contributed by atoms with van der Waals surface area (Å²) in [5, 5.41) is 2.93. The van der Waals surface area contributed by atoms with E-state index in [-0.39, 0.29) is 11.8 Å². The van der Waals surface area contributed by atoms with Gasteiger partial charge >= 0.3 is 0 Å². The van der Waals surface area contributed by atoms with Gasteiger partial charge in [0.05, 0.1) is 0 Å². The quantitative estimate of drug-likeness (QED) is 0.840. The number of nitrogens with zero attached hydrogens (tertiary/aromatic N) is 1. The van der Waals surface area contributed by atoms with E-state index < -0.39 is 11.1 Å². The lowest BCUT2D eigenvalue weighted by Gasteiger charge is -2.50. The molecule has 2 rings (SSSR count). The van der Waals surface area contributed by atoms with Gasteiger partial charge in [-0.3, -0.25) is 9.59 Å². The van der Waals surface area contributed by atoms with E-state index in [2.05, 4.69) is 19.2 Å². The molecule has 0 aromatic rings. The molecule has 0 aromatic heterocycles. The maximum absolute atomic E-state index is 12.8. The number of nitrogens with one attached hydrogen (secondary N) is 1. The van der Waals surface area contributed by atoms with Crippen LogP contribution < -0.4 is 5.32 Å². The zero-order valence-corrected chi connectivity index (χ0v) is 13.5. The second-order valence-corrected chi connectivity index (χ2v) is 7.10. The Morgan fingerprint density at radius 2 is 1.75 bits per heavy atom. The summed E-state index contributed by atoms with van der Waals surface area (Å²) in [5.74, 6) is 0.893. The fourth-order valence-corrected chi connectivity index (χ4v) is 3.26. The minimum atomic E-state index is -0.780. The molecule has 0 spiro atoms. The van der Waals surface area contributed by atoms with E-state index in [9.17, 15) is 9.59 Å². The number of hydrogen-bond acceptors (Lipinski definition) is 2. The van der Waals surface area contributed by atoms with Crippen molar-refractivity contribution in [3.63, 3.8) is 0 Å². The van der Waals surface area contributed by atoms with E-state index >= 15 is 0 Å². The number of hydrogen-bond donors (Lipinski definition) is 1. The molecule has 4 heteroatoms. The smallest absolute Gasteiger partial charge is 0.248 e. The van der Waals surface area contributed by atoms with Gasteiger partial charge in [0.2, 0.25) is 11.8 Å². The maximum atomic E-state index is 12.8. The van der Waals surface area contributed by atoms with Crippen molar-refractivity contribution in [3.05, 3.63) is 0 Å². The van der Waals surface area contributed by atoms with Crippen molar-refractivity contribution < 1.29 is 9.59 Å². The Labute approximate surface area is 122 Å². The summed E-state index contributed by atoms with van der Waals surface area (Å²) in [7, 11) is 0. The number of amides is 2. The van der Waals surface area contributed by atoms with Gasteiger partial charge in [0.15, 0.2) is 0 Å². The molecular formula is C16H28N2O2. The van der Waals surface area contributed by atoms with Gasteiger partial charge in [-0.05, 0) is 45.4 Å². The highest BCUT2D eigenvalue weighted by molar-refractivity contribution is 6.02. The van der Waals surface area contributed by atoms with Crippen LogP contribution in [0.4, 0.5) is 0 Å². The Hall–Kier alpha value is -1.06. The zero-order valence-electron chi connectivity index (χ0n) is 13.5. The molecule has 1 saturated heterocycles. The topological polar surface area (TPSA) is 49.4 Å². The Morgan fingerprint density at radius 1 is 1.20 bits per heavy atom. The highest BCUT2D eigenvalue weighted by atomic mass is 16.2. The van der Waals surface area contributed by atoms with Crippen LogP contribution in [0.25, 0.3) is 0 Å². The van der Waals surface area contributed by atoms with Crippen LogP contribution in [0, 0.1) is 11.8 Å². The van der Waals surface area contributed by atoms with Crippen molar-refractivity contribution in [1.82, 2.24) is 10.2 Å². The first-order valence-corrected chi connectivity index (χ1v) is 7.92. The van der Waals surface area contributed by atoms with Gasteiger partial charge in [0.1, 0.15) is 11.1 Å². The van der Waals surface area contributed by atoms with Crippen LogP contribution in [-0.2, 0) is 9.59 Å². The first-order chi connectivity index (χ1) is 9.27. The number of carbonyl (C=O) groups is 2. The summed E-state index contributed by atoms with van der Waals surface area (Å²) in [6.07, 6.45) is 4.19. The summed E-state index contributed by atoms with van der Waals surface area (Å²) in [6, 6.07) is 0. The van der Waals surface area contributed by atoms with Gasteiger partial charge in [-0.25, -0.2) is 0 Å². The van der Waals surface area contributed by atoms with E-state index in [1.165, 1.54) is 0 Å². The molecule has 20 heavy (non-hydrogen) atoms. The van der Waals surface area contributed by atoms with Crippen molar-refractivity contribution >= 4 is 11.8 Å². The maximum Gasteiger partial charge on any atom is 0.248 e. The molecule has 1 aliphatic carbocycles. The Kier molecular flexibility index (Phi) is 3.87.